The lowest BCUT2D eigenvalue weighted by Crippen LogP contribution is -2.37. The molecule has 1 radical (unpaired) electrons. The van der Waals surface area contributed by atoms with Gasteiger partial charge in [0.15, 0.2) is 0 Å². The Morgan fingerprint density at radius 1 is 1.08 bits per heavy atom. The molecule has 0 unspecified atom stereocenters. The summed E-state index contributed by atoms with van der Waals surface area (Å²) in [5.41, 5.74) is 9.25. The maximum absolute atomic E-state index is 8.00. The number of benzene rings is 1. The number of imidazole rings is 1. The minimum absolute atomic E-state index is 0.730. The molecule has 0 saturated heterocycles. The van der Waals surface area contributed by atoms with Crippen LogP contribution in [0.5, 0.6) is 0 Å². The Labute approximate surface area is 224 Å². The first-order chi connectivity index (χ1) is 17.8. The van der Waals surface area contributed by atoms with Gasteiger partial charge in [-0.1, -0.05) is 62.9 Å². The number of fused-ring (bicyclic) bond motifs is 1. The first-order valence-electron chi connectivity index (χ1n) is 12.3. The van der Waals surface area contributed by atoms with Crippen LogP contribution >= 0.6 is 0 Å². The van der Waals surface area contributed by atoms with Crippen LogP contribution in [-0.2, 0) is 27.9 Å². The third kappa shape index (κ3) is 17.9. The number of rotatable bonds is 9. The van der Waals surface area contributed by atoms with Crippen molar-refractivity contribution in [2.45, 2.75) is 41.2 Å². The molecule has 1 aliphatic carbocycles. The van der Waals surface area contributed by atoms with Gasteiger partial charge in [-0.25, -0.2) is 4.98 Å². The molecule has 7 heteroatoms. The van der Waals surface area contributed by atoms with Crippen molar-refractivity contribution in [2.24, 2.45) is 18.9 Å². The van der Waals surface area contributed by atoms with Gasteiger partial charge in [-0.05, 0) is 36.0 Å². The number of methoxy groups -OCH3 is 1. The van der Waals surface area contributed by atoms with Gasteiger partial charge in [0.25, 0.3) is 0 Å². The normalized spacial score (nSPS) is 10.4. The Hall–Kier alpha value is -3.05. The second kappa shape index (κ2) is 23.4. The summed E-state index contributed by atoms with van der Waals surface area (Å²) in [7, 11) is 5.29. The predicted octanol–water partition coefficient (Wildman–Crippen LogP) is 4.50. The molecule has 1 N–H and O–H groups in total. The molecular formula is C30H47N4O3. The Morgan fingerprint density at radius 2 is 1.68 bits per heavy atom. The van der Waals surface area contributed by atoms with Crippen molar-refractivity contribution in [3.05, 3.63) is 70.6 Å². The Morgan fingerprint density at radius 3 is 2.19 bits per heavy atom. The molecule has 0 atom stereocenters. The molecule has 37 heavy (non-hydrogen) atoms. The number of nitrogens with one attached hydrogen (secondary N) is 1. The van der Waals surface area contributed by atoms with Crippen molar-refractivity contribution >= 4 is 19.7 Å². The van der Waals surface area contributed by atoms with Crippen LogP contribution in [0.4, 0.5) is 0 Å². The molecule has 1 aromatic carbocycles. The van der Waals surface area contributed by atoms with E-state index in [0.29, 0.717) is 0 Å². The lowest BCUT2D eigenvalue weighted by Gasteiger charge is -2.26. The van der Waals surface area contributed by atoms with Gasteiger partial charge in [0.1, 0.15) is 19.4 Å². The van der Waals surface area contributed by atoms with E-state index in [9.17, 15) is 0 Å². The average Bonchev–Trinajstić information content (AvgIpc) is 3.29. The highest BCUT2D eigenvalue weighted by atomic mass is 16.4. The molecule has 0 amide bonds. The molecule has 1 heterocycles. The molecule has 1 aromatic heterocycles. The number of hydrogen-bond acceptors (Lipinski definition) is 6. The van der Waals surface area contributed by atoms with Gasteiger partial charge in [-0.2, -0.15) is 0 Å². The van der Waals surface area contributed by atoms with E-state index in [2.05, 4.69) is 94.9 Å². The summed E-state index contributed by atoms with van der Waals surface area (Å²) in [6.07, 6.45) is 8.76. The van der Waals surface area contributed by atoms with Gasteiger partial charge in [0, 0.05) is 65.9 Å². The van der Waals surface area contributed by atoms with E-state index < -0.39 is 0 Å². The molecule has 0 saturated carbocycles. The maximum Gasteiger partial charge on any atom is 0.122 e. The SMILES string of the molecule is C=O.C=O.CC(C)CN(CCNCc1nccn1C)CC(C)C.COC.Cc1ccc2c(c1)C=C=C=[C]2. The maximum atomic E-state index is 8.00. The van der Waals surface area contributed by atoms with Crippen molar-refractivity contribution in [1.82, 2.24) is 19.8 Å². The van der Waals surface area contributed by atoms with E-state index in [0.717, 1.165) is 42.9 Å². The topological polar surface area (TPSA) is 76.5 Å². The molecule has 2 aromatic rings. The van der Waals surface area contributed by atoms with Crippen LogP contribution in [0.15, 0.2) is 42.1 Å². The van der Waals surface area contributed by atoms with Crippen LogP contribution in [0.2, 0.25) is 0 Å². The average molecular weight is 512 g/mol. The van der Waals surface area contributed by atoms with Gasteiger partial charge in [0.05, 0.1) is 6.54 Å². The molecule has 205 valence electrons. The third-order valence-electron chi connectivity index (χ3n) is 4.76. The van der Waals surface area contributed by atoms with E-state index in [1.165, 1.54) is 24.2 Å². The van der Waals surface area contributed by atoms with E-state index in [4.69, 9.17) is 9.59 Å². The molecule has 0 spiro atoms. The summed E-state index contributed by atoms with van der Waals surface area (Å²) in [6.45, 7) is 20.6. The summed E-state index contributed by atoms with van der Waals surface area (Å²) in [5.74, 6) is 2.56. The van der Waals surface area contributed by atoms with Crippen LogP contribution < -0.4 is 5.32 Å². The molecular weight excluding hydrogens is 464 g/mol. The fourth-order valence-electron chi connectivity index (χ4n) is 3.43. The van der Waals surface area contributed by atoms with Gasteiger partial charge in [-0.15, -0.1) is 0 Å². The number of aromatic nitrogens is 2. The van der Waals surface area contributed by atoms with Gasteiger partial charge < -0.3 is 29.1 Å². The molecule has 1 aliphatic rings. The summed E-state index contributed by atoms with van der Waals surface area (Å²) in [5, 5.41) is 3.48. The van der Waals surface area contributed by atoms with Crippen molar-refractivity contribution in [2.75, 3.05) is 40.4 Å². The number of hydrogen-bond donors (Lipinski definition) is 1. The molecule has 0 aliphatic heterocycles. The molecule has 0 fully saturated rings. The second-order valence-corrected chi connectivity index (χ2v) is 9.22. The summed E-state index contributed by atoms with van der Waals surface area (Å²) in [6, 6.07) is 6.25. The number of aryl methyl sites for hydroxylation is 2. The number of carbonyl (C=O) groups is 2. The van der Waals surface area contributed by atoms with Crippen molar-refractivity contribution in [3.63, 3.8) is 0 Å². The van der Waals surface area contributed by atoms with Crippen LogP contribution in [-0.4, -0.2) is 68.4 Å². The zero-order valence-corrected chi connectivity index (χ0v) is 24.1. The first kappa shape index (κ1) is 36.1. The molecule has 3 rings (SSSR count). The fraction of sp³-hybridized carbons (Fsp3) is 0.500. The molecule has 7 nitrogen and oxygen atoms in total. The highest BCUT2D eigenvalue weighted by Crippen LogP contribution is 2.14. The summed E-state index contributed by atoms with van der Waals surface area (Å²) in [4.78, 5) is 22.9. The fourth-order valence-corrected chi connectivity index (χ4v) is 3.43. The van der Waals surface area contributed by atoms with Crippen LogP contribution in [0.1, 0.15) is 50.2 Å². The Kier molecular flexibility index (Phi) is 22.8. The van der Waals surface area contributed by atoms with Gasteiger partial charge in [0.2, 0.25) is 0 Å². The van der Waals surface area contributed by atoms with Crippen LogP contribution in [0, 0.1) is 24.8 Å². The van der Waals surface area contributed by atoms with Crippen LogP contribution in [0.25, 0.3) is 6.08 Å². The van der Waals surface area contributed by atoms with E-state index >= 15 is 0 Å². The largest absolute Gasteiger partial charge is 0.388 e. The smallest absolute Gasteiger partial charge is 0.122 e. The van der Waals surface area contributed by atoms with Crippen molar-refractivity contribution < 1.29 is 14.3 Å². The zero-order valence-electron chi connectivity index (χ0n) is 24.1. The van der Waals surface area contributed by atoms with Crippen molar-refractivity contribution in [3.8, 4) is 0 Å². The lowest BCUT2D eigenvalue weighted by atomic mass is 10.0. The second-order valence-electron chi connectivity index (χ2n) is 9.22. The van der Waals surface area contributed by atoms with Crippen molar-refractivity contribution in [1.29, 1.82) is 0 Å². The zero-order chi connectivity index (χ0) is 28.6. The van der Waals surface area contributed by atoms with E-state index in [1.807, 2.05) is 39.1 Å². The minimum atomic E-state index is 0.730. The quantitative estimate of drug-likeness (QED) is 0.337. The monoisotopic (exact) mass is 511 g/mol. The highest BCUT2D eigenvalue weighted by Gasteiger charge is 2.09. The van der Waals surface area contributed by atoms with E-state index in [-0.39, 0.29) is 0 Å². The number of carbonyl (C=O) groups excluding carboxylic acids is 2. The minimum Gasteiger partial charge on any atom is -0.388 e. The van der Waals surface area contributed by atoms with E-state index in [1.54, 1.807) is 14.2 Å². The Bertz CT molecular complexity index is 928. The lowest BCUT2D eigenvalue weighted by molar-refractivity contribution is -0.0987. The summed E-state index contributed by atoms with van der Waals surface area (Å²) < 4.78 is 6.31. The Balaban J connectivity index is 0. The predicted molar refractivity (Wildman–Crippen MR) is 153 cm³/mol. The molecule has 0 bridgehead atoms. The third-order valence-corrected chi connectivity index (χ3v) is 4.76. The van der Waals surface area contributed by atoms with Gasteiger partial charge in [-0.3, -0.25) is 0 Å². The summed E-state index contributed by atoms with van der Waals surface area (Å²) >= 11 is 0. The number of nitrogens with zero attached hydrogens (tertiary/aromatic N) is 3. The van der Waals surface area contributed by atoms with Gasteiger partial charge >= 0.3 is 0 Å². The highest BCUT2D eigenvalue weighted by molar-refractivity contribution is 5.58. The number of ether oxygens (including phenoxy) is 1. The van der Waals surface area contributed by atoms with Crippen LogP contribution in [0.3, 0.4) is 0 Å². The standard InChI is InChI=1S/C15H30N4.C11H7.C2H6O.2CH2O/c1-13(2)11-19(12-14(3)4)9-6-16-10-15-17-7-8-18(15)5;1-9-6-7-10-4-2-3-5-11(10)8-9;1-3-2;2*1-2/h7-8,13-14,16H,6,9-12H2,1-5H3;5-8H,1H3;1-2H3;2*1H2. The first-order valence-corrected chi connectivity index (χ1v) is 12.3.